The molecule has 0 saturated carbocycles. The standard InChI is InChI=1S/C26H29ClN6O.ClH/c1-32-24-3-2-23-26(21(24)14-31-32)20(22(27)15-30-23)6-10-33-8-4-18(5-9-33)28-13-19-12-17-7-11-34-25(17)16-29-19;/h2-3,12,14-16,18,28H,4-11,13H2,1H3;1H. The van der Waals surface area contributed by atoms with Crippen molar-refractivity contribution < 1.29 is 4.74 Å². The lowest BCUT2D eigenvalue weighted by molar-refractivity contribution is 0.199. The molecular formula is C26H30Cl2N6O. The lowest BCUT2D eigenvalue weighted by Crippen LogP contribution is -2.43. The predicted molar refractivity (Wildman–Crippen MR) is 142 cm³/mol. The lowest BCUT2D eigenvalue weighted by atomic mass is 10.0. The average molecular weight is 513 g/mol. The molecular weight excluding hydrogens is 483 g/mol. The molecule has 9 heteroatoms. The van der Waals surface area contributed by atoms with Gasteiger partial charge in [-0.2, -0.15) is 5.10 Å². The number of fused-ring (bicyclic) bond motifs is 4. The number of aryl methyl sites for hydroxylation is 1. The zero-order valence-corrected chi connectivity index (χ0v) is 21.4. The van der Waals surface area contributed by atoms with Gasteiger partial charge in [-0.3, -0.25) is 14.6 Å². The highest BCUT2D eigenvalue weighted by atomic mass is 35.5. The first kappa shape index (κ1) is 24.3. The minimum Gasteiger partial charge on any atom is -0.491 e. The number of rotatable bonds is 6. The van der Waals surface area contributed by atoms with E-state index in [9.17, 15) is 0 Å². The zero-order chi connectivity index (χ0) is 23.1. The predicted octanol–water partition coefficient (Wildman–Crippen LogP) is 4.32. The third-order valence-corrected chi connectivity index (χ3v) is 7.61. The van der Waals surface area contributed by atoms with Crippen LogP contribution >= 0.6 is 24.0 Å². The van der Waals surface area contributed by atoms with Gasteiger partial charge in [-0.15, -0.1) is 12.4 Å². The quantitative estimate of drug-likeness (QED) is 0.414. The molecule has 6 rings (SSSR count). The summed E-state index contributed by atoms with van der Waals surface area (Å²) in [5.74, 6) is 0.948. The van der Waals surface area contributed by atoms with Crippen molar-refractivity contribution in [3.05, 3.63) is 58.6 Å². The van der Waals surface area contributed by atoms with Crippen LogP contribution in [0.3, 0.4) is 0 Å². The van der Waals surface area contributed by atoms with E-state index in [4.69, 9.17) is 16.3 Å². The van der Waals surface area contributed by atoms with E-state index < -0.39 is 0 Å². The van der Waals surface area contributed by atoms with Gasteiger partial charge in [-0.05, 0) is 56.1 Å². The minimum atomic E-state index is 0. The van der Waals surface area contributed by atoms with E-state index in [0.717, 1.165) is 96.7 Å². The molecule has 7 nitrogen and oxygen atoms in total. The molecule has 2 aliphatic rings. The Kier molecular flexibility index (Phi) is 7.12. The van der Waals surface area contributed by atoms with Crippen LogP contribution in [0.2, 0.25) is 5.02 Å². The monoisotopic (exact) mass is 512 g/mol. The summed E-state index contributed by atoms with van der Waals surface area (Å²) in [6.45, 7) is 4.77. The summed E-state index contributed by atoms with van der Waals surface area (Å²) in [6, 6.07) is 6.87. The van der Waals surface area contributed by atoms with Crippen molar-refractivity contribution in [1.29, 1.82) is 0 Å². The first-order valence-electron chi connectivity index (χ1n) is 12.1. The molecule has 0 unspecified atom stereocenters. The fraction of sp³-hybridized carbons (Fsp3) is 0.423. The molecule has 1 N–H and O–H groups in total. The van der Waals surface area contributed by atoms with Crippen LogP contribution in [0.15, 0.2) is 36.8 Å². The number of hydrogen-bond donors (Lipinski definition) is 1. The van der Waals surface area contributed by atoms with Crippen LogP contribution in [-0.4, -0.2) is 56.9 Å². The SMILES string of the molecule is Cl.Cn1ncc2c3c(CCN4CCC(NCc5cc6c(cn5)OCC6)CC4)c(Cl)cnc3ccc21. The number of nitrogens with one attached hydrogen (secondary N) is 1. The van der Waals surface area contributed by atoms with Crippen molar-refractivity contribution in [2.24, 2.45) is 7.05 Å². The topological polar surface area (TPSA) is 68.1 Å². The Bertz CT molecular complexity index is 1350. The number of benzene rings is 1. The van der Waals surface area contributed by atoms with E-state index in [1.807, 2.05) is 24.1 Å². The van der Waals surface area contributed by atoms with Gasteiger partial charge < -0.3 is 15.0 Å². The Labute approximate surface area is 216 Å². The molecule has 184 valence electrons. The second kappa shape index (κ2) is 10.3. The Morgan fingerprint density at radius 3 is 2.86 bits per heavy atom. The van der Waals surface area contributed by atoms with Gasteiger partial charge in [0.1, 0.15) is 5.75 Å². The van der Waals surface area contributed by atoms with Crippen LogP contribution in [0.1, 0.15) is 29.7 Å². The highest BCUT2D eigenvalue weighted by Gasteiger charge is 2.21. The normalized spacial score (nSPS) is 16.4. The third-order valence-electron chi connectivity index (χ3n) is 7.29. The van der Waals surface area contributed by atoms with Gasteiger partial charge in [0.2, 0.25) is 0 Å². The summed E-state index contributed by atoms with van der Waals surface area (Å²) in [5, 5.41) is 11.2. The summed E-state index contributed by atoms with van der Waals surface area (Å²) < 4.78 is 7.47. The van der Waals surface area contributed by atoms with Gasteiger partial charge in [0, 0.05) is 55.1 Å². The van der Waals surface area contributed by atoms with Crippen LogP contribution in [-0.2, 0) is 26.4 Å². The van der Waals surface area contributed by atoms with Crippen molar-refractivity contribution in [2.75, 3.05) is 26.2 Å². The van der Waals surface area contributed by atoms with Gasteiger partial charge in [-0.1, -0.05) is 11.6 Å². The molecule has 0 spiro atoms. The van der Waals surface area contributed by atoms with Crippen molar-refractivity contribution in [3.63, 3.8) is 0 Å². The largest absolute Gasteiger partial charge is 0.491 e. The molecule has 1 fully saturated rings. The molecule has 35 heavy (non-hydrogen) atoms. The first-order chi connectivity index (χ1) is 16.7. The van der Waals surface area contributed by atoms with Crippen LogP contribution in [0.4, 0.5) is 0 Å². The van der Waals surface area contributed by atoms with Crippen LogP contribution in [0, 0.1) is 0 Å². The number of halogens is 2. The molecule has 2 aliphatic heterocycles. The molecule has 0 atom stereocenters. The maximum absolute atomic E-state index is 6.65. The fourth-order valence-electron chi connectivity index (χ4n) is 5.32. The average Bonchev–Trinajstić information content (AvgIpc) is 3.49. The molecule has 1 aromatic carbocycles. The number of pyridine rings is 2. The number of aromatic nitrogens is 4. The molecule has 0 radical (unpaired) electrons. The van der Waals surface area contributed by atoms with E-state index in [-0.39, 0.29) is 12.4 Å². The summed E-state index contributed by atoms with van der Waals surface area (Å²) in [4.78, 5) is 11.7. The summed E-state index contributed by atoms with van der Waals surface area (Å²) in [5.41, 5.74) is 5.65. The lowest BCUT2D eigenvalue weighted by Gasteiger charge is -2.32. The Balaban J connectivity index is 0.00000253. The van der Waals surface area contributed by atoms with Crippen molar-refractivity contribution >= 4 is 45.8 Å². The van der Waals surface area contributed by atoms with Crippen molar-refractivity contribution in [3.8, 4) is 5.75 Å². The van der Waals surface area contributed by atoms with E-state index >= 15 is 0 Å². The van der Waals surface area contributed by atoms with Gasteiger partial charge >= 0.3 is 0 Å². The van der Waals surface area contributed by atoms with Gasteiger partial charge in [-0.25, -0.2) is 0 Å². The van der Waals surface area contributed by atoms with Crippen LogP contribution < -0.4 is 10.1 Å². The number of likely N-dealkylation sites (tertiary alicyclic amines) is 1. The van der Waals surface area contributed by atoms with E-state index in [1.165, 1.54) is 11.1 Å². The third kappa shape index (κ3) is 4.83. The fourth-order valence-corrected chi connectivity index (χ4v) is 5.55. The highest BCUT2D eigenvalue weighted by molar-refractivity contribution is 6.32. The summed E-state index contributed by atoms with van der Waals surface area (Å²) in [7, 11) is 1.97. The minimum absolute atomic E-state index is 0. The molecule has 0 bridgehead atoms. The molecule has 5 heterocycles. The van der Waals surface area contributed by atoms with Crippen LogP contribution in [0.25, 0.3) is 21.8 Å². The summed E-state index contributed by atoms with van der Waals surface area (Å²) >= 11 is 6.65. The Morgan fingerprint density at radius 1 is 1.14 bits per heavy atom. The number of ether oxygens (including phenoxy) is 1. The number of piperidine rings is 1. The molecule has 4 aromatic rings. The molecule has 1 saturated heterocycles. The van der Waals surface area contributed by atoms with Crippen molar-refractivity contribution in [1.82, 2.24) is 30.0 Å². The van der Waals surface area contributed by atoms with Gasteiger partial charge in [0.05, 0.1) is 40.8 Å². The van der Waals surface area contributed by atoms with E-state index in [1.54, 1.807) is 6.20 Å². The zero-order valence-electron chi connectivity index (χ0n) is 19.8. The Hall–Kier alpha value is -2.45. The smallest absolute Gasteiger partial charge is 0.140 e. The summed E-state index contributed by atoms with van der Waals surface area (Å²) in [6.07, 6.45) is 9.78. The van der Waals surface area contributed by atoms with Crippen molar-refractivity contribution in [2.45, 2.75) is 38.3 Å². The number of hydrogen-bond acceptors (Lipinski definition) is 6. The molecule has 0 amide bonds. The van der Waals surface area contributed by atoms with Crippen LogP contribution in [0.5, 0.6) is 5.75 Å². The van der Waals surface area contributed by atoms with Gasteiger partial charge in [0.25, 0.3) is 0 Å². The highest BCUT2D eigenvalue weighted by Crippen LogP contribution is 2.31. The maximum atomic E-state index is 6.65. The second-order valence-corrected chi connectivity index (χ2v) is 9.78. The van der Waals surface area contributed by atoms with E-state index in [2.05, 4.69) is 43.5 Å². The van der Waals surface area contributed by atoms with Gasteiger partial charge in [0.15, 0.2) is 0 Å². The maximum Gasteiger partial charge on any atom is 0.140 e. The molecule has 0 aliphatic carbocycles. The number of nitrogens with zero attached hydrogens (tertiary/aromatic N) is 5. The molecule has 3 aromatic heterocycles. The second-order valence-electron chi connectivity index (χ2n) is 9.37. The Morgan fingerprint density at radius 2 is 2.00 bits per heavy atom. The van der Waals surface area contributed by atoms with E-state index in [0.29, 0.717) is 6.04 Å². The first-order valence-corrected chi connectivity index (χ1v) is 12.5.